The molecule has 1 heterocycles. The van der Waals surface area contributed by atoms with Crippen molar-refractivity contribution in [2.24, 2.45) is 16.3 Å². The monoisotopic (exact) mass is 242 g/mol. The minimum Gasteiger partial charge on any atom is -0.409 e. The molecule has 0 unspecified atom stereocenters. The van der Waals surface area contributed by atoms with Crippen LogP contribution in [0.25, 0.3) is 0 Å². The molecule has 0 atom stereocenters. The Balaban J connectivity index is 2.54. The predicted molar refractivity (Wildman–Crippen MR) is 66.0 cm³/mol. The van der Waals surface area contributed by atoms with Crippen molar-refractivity contribution in [3.63, 3.8) is 0 Å². The Morgan fingerprint density at radius 2 is 2.00 bits per heavy atom. The molecule has 1 aliphatic heterocycles. The van der Waals surface area contributed by atoms with Gasteiger partial charge in [-0.25, -0.2) is 4.79 Å². The number of rotatable bonds is 2. The number of likely N-dealkylation sites (tertiary alicyclic amines) is 1. The molecule has 0 aromatic carbocycles. The summed E-state index contributed by atoms with van der Waals surface area (Å²) >= 11 is 0. The predicted octanol–water partition coefficient (Wildman–Crippen LogP) is 0.953. The number of carbonyl (C=O) groups excluding carboxylic acids is 1. The van der Waals surface area contributed by atoms with Gasteiger partial charge in [-0.2, -0.15) is 0 Å². The summed E-state index contributed by atoms with van der Waals surface area (Å²) in [4.78, 5) is 13.5. The van der Waals surface area contributed by atoms with Crippen LogP contribution in [0, 0.1) is 5.41 Å². The zero-order valence-corrected chi connectivity index (χ0v) is 10.7. The fraction of sp³-hybridized carbons (Fsp3) is 0.818. The molecule has 17 heavy (non-hydrogen) atoms. The van der Waals surface area contributed by atoms with Gasteiger partial charge in [0.1, 0.15) is 5.84 Å². The third-order valence-corrected chi connectivity index (χ3v) is 3.29. The van der Waals surface area contributed by atoms with Gasteiger partial charge in [0.2, 0.25) is 0 Å². The second-order valence-corrected chi connectivity index (χ2v) is 5.14. The summed E-state index contributed by atoms with van der Waals surface area (Å²) in [7, 11) is 0. The number of oxime groups is 1. The van der Waals surface area contributed by atoms with E-state index in [1.54, 1.807) is 4.90 Å². The number of hydrogen-bond acceptors (Lipinski definition) is 3. The van der Waals surface area contributed by atoms with Crippen molar-refractivity contribution >= 4 is 11.9 Å². The van der Waals surface area contributed by atoms with Gasteiger partial charge in [0.25, 0.3) is 0 Å². The molecular formula is C11H22N4O2. The SMILES string of the molecule is CC(C)NC(=O)N1CCC(C)(C(N)=NO)CC1. The van der Waals surface area contributed by atoms with Gasteiger partial charge in [-0.1, -0.05) is 12.1 Å². The molecule has 0 saturated carbocycles. The lowest BCUT2D eigenvalue weighted by atomic mass is 9.79. The topological polar surface area (TPSA) is 91.0 Å². The van der Waals surface area contributed by atoms with E-state index < -0.39 is 0 Å². The summed E-state index contributed by atoms with van der Waals surface area (Å²) in [6.07, 6.45) is 1.43. The second-order valence-electron chi connectivity index (χ2n) is 5.14. The maximum absolute atomic E-state index is 11.8. The summed E-state index contributed by atoms with van der Waals surface area (Å²) in [6.45, 7) is 7.08. The molecule has 6 heteroatoms. The zero-order chi connectivity index (χ0) is 13.1. The van der Waals surface area contributed by atoms with Crippen LogP contribution in [0.4, 0.5) is 4.79 Å². The Morgan fingerprint density at radius 3 is 2.41 bits per heavy atom. The first-order valence-electron chi connectivity index (χ1n) is 5.92. The van der Waals surface area contributed by atoms with Crippen LogP contribution < -0.4 is 11.1 Å². The minimum absolute atomic E-state index is 0.0402. The molecule has 6 nitrogen and oxygen atoms in total. The largest absolute Gasteiger partial charge is 0.409 e. The van der Waals surface area contributed by atoms with E-state index in [1.807, 2.05) is 20.8 Å². The van der Waals surface area contributed by atoms with Gasteiger partial charge in [-0.3, -0.25) is 0 Å². The lowest BCUT2D eigenvalue weighted by Crippen LogP contribution is -2.51. The van der Waals surface area contributed by atoms with E-state index in [1.165, 1.54) is 0 Å². The van der Waals surface area contributed by atoms with E-state index in [-0.39, 0.29) is 23.3 Å². The zero-order valence-electron chi connectivity index (χ0n) is 10.7. The molecule has 98 valence electrons. The number of piperidine rings is 1. The van der Waals surface area contributed by atoms with E-state index in [4.69, 9.17) is 10.9 Å². The van der Waals surface area contributed by atoms with E-state index in [0.717, 1.165) is 0 Å². The van der Waals surface area contributed by atoms with Crippen LogP contribution in [0.1, 0.15) is 33.6 Å². The normalized spacial score (nSPS) is 20.5. The first kappa shape index (κ1) is 13.6. The summed E-state index contributed by atoms with van der Waals surface area (Å²) in [5, 5.41) is 14.7. The first-order valence-corrected chi connectivity index (χ1v) is 5.92. The van der Waals surface area contributed by atoms with Crippen molar-refractivity contribution in [3.8, 4) is 0 Å². The Morgan fingerprint density at radius 1 is 1.47 bits per heavy atom. The van der Waals surface area contributed by atoms with Crippen molar-refractivity contribution in [2.45, 2.75) is 39.7 Å². The minimum atomic E-state index is -0.302. The lowest BCUT2D eigenvalue weighted by molar-refractivity contribution is 0.156. The summed E-state index contributed by atoms with van der Waals surface area (Å²) in [6, 6.07) is 0.0986. The number of nitrogens with zero attached hydrogens (tertiary/aromatic N) is 2. The van der Waals surface area contributed by atoms with Crippen LogP contribution >= 0.6 is 0 Å². The third kappa shape index (κ3) is 3.25. The van der Waals surface area contributed by atoms with Crippen molar-refractivity contribution in [1.29, 1.82) is 0 Å². The second kappa shape index (κ2) is 5.25. The van der Waals surface area contributed by atoms with Gasteiger partial charge in [0, 0.05) is 24.5 Å². The molecule has 0 aromatic rings. The Bertz CT molecular complexity index is 307. The molecule has 0 spiro atoms. The van der Waals surface area contributed by atoms with Crippen molar-refractivity contribution < 1.29 is 10.0 Å². The molecule has 0 aromatic heterocycles. The Kier molecular flexibility index (Phi) is 4.20. The van der Waals surface area contributed by atoms with Crippen molar-refractivity contribution in [1.82, 2.24) is 10.2 Å². The molecule has 1 rings (SSSR count). The quantitative estimate of drug-likeness (QED) is 0.291. The number of nitrogens with two attached hydrogens (primary N) is 1. The Labute approximate surface area is 102 Å². The smallest absolute Gasteiger partial charge is 0.317 e. The maximum atomic E-state index is 11.8. The van der Waals surface area contributed by atoms with Crippen LogP contribution in [-0.2, 0) is 0 Å². The van der Waals surface area contributed by atoms with Gasteiger partial charge in [-0.15, -0.1) is 0 Å². The van der Waals surface area contributed by atoms with Crippen molar-refractivity contribution in [2.75, 3.05) is 13.1 Å². The summed E-state index contributed by atoms with van der Waals surface area (Å²) in [5.41, 5.74) is 5.36. The van der Waals surface area contributed by atoms with Crippen LogP contribution in [0.3, 0.4) is 0 Å². The van der Waals surface area contributed by atoms with Crippen LogP contribution in [0.2, 0.25) is 0 Å². The van der Waals surface area contributed by atoms with Gasteiger partial charge in [0.05, 0.1) is 0 Å². The van der Waals surface area contributed by atoms with Gasteiger partial charge in [-0.05, 0) is 26.7 Å². The average Bonchev–Trinajstić information content (AvgIpc) is 2.27. The fourth-order valence-corrected chi connectivity index (χ4v) is 1.92. The Hall–Kier alpha value is -1.46. The van der Waals surface area contributed by atoms with E-state index >= 15 is 0 Å². The number of amidine groups is 1. The summed E-state index contributed by atoms with van der Waals surface area (Å²) < 4.78 is 0. The van der Waals surface area contributed by atoms with Crippen molar-refractivity contribution in [3.05, 3.63) is 0 Å². The number of urea groups is 1. The molecule has 0 aliphatic carbocycles. The van der Waals surface area contributed by atoms with E-state index in [2.05, 4.69) is 10.5 Å². The molecular weight excluding hydrogens is 220 g/mol. The van der Waals surface area contributed by atoms with Gasteiger partial charge < -0.3 is 21.2 Å². The number of nitrogens with one attached hydrogen (secondary N) is 1. The number of carbonyl (C=O) groups is 1. The highest BCUT2D eigenvalue weighted by Gasteiger charge is 2.35. The molecule has 1 saturated heterocycles. The molecule has 1 fully saturated rings. The van der Waals surface area contributed by atoms with Crippen LogP contribution in [0.15, 0.2) is 5.16 Å². The molecule has 0 radical (unpaired) electrons. The first-order chi connectivity index (χ1) is 7.89. The summed E-state index contributed by atoms with van der Waals surface area (Å²) in [5.74, 6) is 0.251. The maximum Gasteiger partial charge on any atom is 0.317 e. The third-order valence-electron chi connectivity index (χ3n) is 3.29. The molecule has 4 N–H and O–H groups in total. The van der Waals surface area contributed by atoms with Gasteiger partial charge >= 0.3 is 6.03 Å². The van der Waals surface area contributed by atoms with Crippen LogP contribution in [-0.4, -0.2) is 41.1 Å². The fourth-order valence-electron chi connectivity index (χ4n) is 1.92. The highest BCUT2D eigenvalue weighted by Crippen LogP contribution is 2.30. The highest BCUT2D eigenvalue weighted by molar-refractivity contribution is 5.86. The standard InChI is InChI=1S/C11H22N4O2/c1-8(2)13-10(16)15-6-4-11(3,5-7-15)9(12)14-17/h8,17H,4-7H2,1-3H3,(H2,12,14)(H,13,16). The molecule has 1 aliphatic rings. The molecule has 2 amide bonds. The highest BCUT2D eigenvalue weighted by atomic mass is 16.4. The lowest BCUT2D eigenvalue weighted by Gasteiger charge is -2.38. The van der Waals surface area contributed by atoms with E-state index in [0.29, 0.717) is 25.9 Å². The average molecular weight is 242 g/mol. The number of amides is 2. The van der Waals surface area contributed by atoms with E-state index in [9.17, 15) is 4.79 Å². The number of hydrogen-bond donors (Lipinski definition) is 3. The van der Waals surface area contributed by atoms with Gasteiger partial charge in [0.15, 0.2) is 0 Å². The van der Waals surface area contributed by atoms with Crippen LogP contribution in [0.5, 0.6) is 0 Å². The molecule has 0 bridgehead atoms.